The number of nitrogens with two attached hydrogens (primary N) is 1. The number of hydrogen-bond donors (Lipinski definition) is 3. The second-order valence-electron chi connectivity index (χ2n) is 7.03. The molecule has 0 fully saturated rings. The van der Waals surface area contributed by atoms with E-state index < -0.39 is 17.7 Å². The first-order valence-corrected chi connectivity index (χ1v) is 10.0. The Kier molecular flexibility index (Phi) is 7.55. The number of esters is 1. The van der Waals surface area contributed by atoms with Gasteiger partial charge in [0.25, 0.3) is 0 Å². The summed E-state index contributed by atoms with van der Waals surface area (Å²) in [6.45, 7) is 0.402. The Morgan fingerprint density at radius 1 is 0.970 bits per heavy atom. The van der Waals surface area contributed by atoms with E-state index >= 15 is 0 Å². The van der Waals surface area contributed by atoms with Crippen LogP contribution in [-0.2, 0) is 10.9 Å². The third-order valence-corrected chi connectivity index (χ3v) is 4.57. The first-order valence-electron chi connectivity index (χ1n) is 10.0. The quantitative estimate of drug-likeness (QED) is 0.174. The number of anilines is 2. The molecule has 3 rings (SSSR count). The van der Waals surface area contributed by atoms with Crippen molar-refractivity contribution in [3.8, 4) is 5.75 Å². The van der Waals surface area contributed by atoms with Gasteiger partial charge in [0.1, 0.15) is 11.6 Å². The average Bonchev–Trinajstić information content (AvgIpc) is 2.79. The molecule has 3 aromatic carbocycles. The molecule has 0 radical (unpaired) electrons. The summed E-state index contributed by atoms with van der Waals surface area (Å²) in [7, 11) is 0. The zero-order valence-corrected chi connectivity index (χ0v) is 17.5. The standard InChI is InChI=1S/C24H22F3N3O3/c25-24(26,27)17-5-3-6-18(15-17)30-21-8-2-1-7-20(21)23(31)33-14-4-13-32-19-11-9-16(10-12-19)22(28)29/h1-3,5-12,15,30H,4,13-14H2,(H3,28,29). The minimum atomic E-state index is -4.46. The van der Waals surface area contributed by atoms with Gasteiger partial charge in [-0.25, -0.2) is 4.79 Å². The van der Waals surface area contributed by atoms with Crippen LogP contribution in [0.3, 0.4) is 0 Å². The Morgan fingerprint density at radius 2 is 1.70 bits per heavy atom. The van der Waals surface area contributed by atoms with E-state index in [1.54, 1.807) is 42.5 Å². The molecule has 172 valence electrons. The summed E-state index contributed by atoms with van der Waals surface area (Å²) in [4.78, 5) is 12.5. The molecule has 6 nitrogen and oxygen atoms in total. The fourth-order valence-corrected chi connectivity index (χ4v) is 2.92. The maximum absolute atomic E-state index is 12.9. The Bertz CT molecular complexity index is 1120. The maximum atomic E-state index is 12.9. The van der Waals surface area contributed by atoms with Crippen LogP contribution in [0.5, 0.6) is 5.75 Å². The van der Waals surface area contributed by atoms with Gasteiger partial charge in [-0.2, -0.15) is 13.2 Å². The third kappa shape index (κ3) is 6.73. The van der Waals surface area contributed by atoms with Gasteiger partial charge >= 0.3 is 12.1 Å². The SMILES string of the molecule is N=C(N)c1ccc(OCCCOC(=O)c2ccccc2Nc2cccc(C(F)(F)F)c2)cc1. The van der Waals surface area contributed by atoms with E-state index in [1.165, 1.54) is 18.2 Å². The summed E-state index contributed by atoms with van der Waals surface area (Å²) in [5.74, 6) is -0.0332. The predicted molar refractivity (Wildman–Crippen MR) is 119 cm³/mol. The molecule has 0 atom stereocenters. The van der Waals surface area contributed by atoms with E-state index in [-0.39, 0.29) is 23.7 Å². The van der Waals surface area contributed by atoms with E-state index in [0.717, 1.165) is 12.1 Å². The number of halogens is 3. The van der Waals surface area contributed by atoms with Crippen LogP contribution in [0.25, 0.3) is 0 Å². The highest BCUT2D eigenvalue weighted by atomic mass is 19.4. The van der Waals surface area contributed by atoms with Crippen molar-refractivity contribution in [1.29, 1.82) is 5.41 Å². The Hall–Kier alpha value is -4.01. The van der Waals surface area contributed by atoms with Crippen LogP contribution in [-0.4, -0.2) is 25.0 Å². The van der Waals surface area contributed by atoms with Gasteiger partial charge in [-0.1, -0.05) is 18.2 Å². The van der Waals surface area contributed by atoms with Crippen molar-refractivity contribution in [3.05, 3.63) is 89.5 Å². The van der Waals surface area contributed by atoms with Crippen molar-refractivity contribution < 1.29 is 27.4 Å². The van der Waals surface area contributed by atoms with Gasteiger partial charge in [-0.3, -0.25) is 5.41 Å². The number of rotatable bonds is 9. The summed E-state index contributed by atoms with van der Waals surface area (Å²) in [5.41, 5.74) is 5.95. The van der Waals surface area contributed by atoms with E-state index in [0.29, 0.717) is 30.0 Å². The Morgan fingerprint density at radius 3 is 2.39 bits per heavy atom. The topological polar surface area (TPSA) is 97.4 Å². The zero-order chi connectivity index (χ0) is 23.8. The largest absolute Gasteiger partial charge is 0.493 e. The third-order valence-electron chi connectivity index (χ3n) is 4.57. The average molecular weight is 457 g/mol. The number of carbonyl (C=O) groups excluding carboxylic acids is 1. The number of hydrogen-bond acceptors (Lipinski definition) is 5. The molecule has 0 saturated carbocycles. The zero-order valence-electron chi connectivity index (χ0n) is 17.5. The molecular weight excluding hydrogens is 435 g/mol. The van der Waals surface area contributed by atoms with Crippen molar-refractivity contribution in [2.45, 2.75) is 12.6 Å². The highest BCUT2D eigenvalue weighted by Gasteiger charge is 2.30. The number of amidine groups is 1. The number of benzene rings is 3. The van der Waals surface area contributed by atoms with Gasteiger partial charge in [-0.05, 0) is 54.6 Å². The first-order chi connectivity index (χ1) is 15.7. The van der Waals surface area contributed by atoms with Crippen LogP contribution < -0.4 is 15.8 Å². The minimum absolute atomic E-state index is 0.0312. The van der Waals surface area contributed by atoms with E-state index in [2.05, 4.69) is 5.32 Å². The number of carbonyl (C=O) groups is 1. The lowest BCUT2D eigenvalue weighted by Gasteiger charge is -2.14. The number of ether oxygens (including phenoxy) is 2. The fraction of sp³-hybridized carbons (Fsp3) is 0.167. The van der Waals surface area contributed by atoms with Crippen LogP contribution >= 0.6 is 0 Å². The van der Waals surface area contributed by atoms with Gasteiger partial charge in [0.2, 0.25) is 0 Å². The lowest BCUT2D eigenvalue weighted by atomic mass is 10.1. The fourth-order valence-electron chi connectivity index (χ4n) is 2.92. The van der Waals surface area contributed by atoms with Crippen molar-refractivity contribution >= 4 is 23.2 Å². The predicted octanol–water partition coefficient (Wildman–Crippen LogP) is 5.36. The van der Waals surface area contributed by atoms with Crippen LogP contribution in [0, 0.1) is 5.41 Å². The summed E-state index contributed by atoms with van der Waals surface area (Å²) in [6, 6.07) is 17.9. The molecule has 9 heteroatoms. The van der Waals surface area contributed by atoms with Crippen LogP contribution in [0.4, 0.5) is 24.5 Å². The number of alkyl halides is 3. The van der Waals surface area contributed by atoms with Gasteiger partial charge in [0.15, 0.2) is 0 Å². The first kappa shape index (κ1) is 23.6. The molecule has 0 unspecified atom stereocenters. The molecule has 0 aliphatic rings. The molecule has 0 amide bonds. The van der Waals surface area contributed by atoms with Crippen molar-refractivity contribution in [3.63, 3.8) is 0 Å². The molecule has 0 aliphatic heterocycles. The lowest BCUT2D eigenvalue weighted by molar-refractivity contribution is -0.137. The van der Waals surface area contributed by atoms with E-state index in [9.17, 15) is 18.0 Å². The molecule has 0 bridgehead atoms. The highest BCUT2D eigenvalue weighted by Crippen LogP contribution is 2.32. The van der Waals surface area contributed by atoms with Gasteiger partial charge in [0, 0.05) is 17.7 Å². The van der Waals surface area contributed by atoms with Gasteiger partial charge in [0.05, 0.1) is 30.0 Å². The number of nitrogens with one attached hydrogen (secondary N) is 2. The molecule has 33 heavy (non-hydrogen) atoms. The summed E-state index contributed by atoms with van der Waals surface area (Å²) < 4.78 is 49.7. The molecule has 3 aromatic rings. The smallest absolute Gasteiger partial charge is 0.416 e. The number of nitrogen functional groups attached to an aromatic ring is 1. The normalized spacial score (nSPS) is 11.0. The monoisotopic (exact) mass is 457 g/mol. The molecule has 0 aliphatic carbocycles. The van der Waals surface area contributed by atoms with Gasteiger partial charge < -0.3 is 20.5 Å². The highest BCUT2D eigenvalue weighted by molar-refractivity contribution is 5.96. The van der Waals surface area contributed by atoms with Crippen LogP contribution in [0.15, 0.2) is 72.8 Å². The van der Waals surface area contributed by atoms with Crippen molar-refractivity contribution in [2.75, 3.05) is 18.5 Å². The summed E-state index contributed by atoms with van der Waals surface area (Å²) in [5, 5.41) is 10.2. The minimum Gasteiger partial charge on any atom is -0.493 e. The molecule has 0 heterocycles. The second kappa shape index (κ2) is 10.5. The number of para-hydroxylation sites is 1. The molecule has 0 aromatic heterocycles. The van der Waals surface area contributed by atoms with Crippen molar-refractivity contribution in [1.82, 2.24) is 0 Å². The van der Waals surface area contributed by atoms with Gasteiger partial charge in [-0.15, -0.1) is 0 Å². The van der Waals surface area contributed by atoms with Crippen molar-refractivity contribution in [2.24, 2.45) is 5.73 Å². The summed E-state index contributed by atoms with van der Waals surface area (Å²) >= 11 is 0. The maximum Gasteiger partial charge on any atom is 0.416 e. The molecule has 0 spiro atoms. The summed E-state index contributed by atoms with van der Waals surface area (Å²) in [6.07, 6.45) is -4.03. The van der Waals surface area contributed by atoms with Crippen LogP contribution in [0.2, 0.25) is 0 Å². The molecule has 4 N–H and O–H groups in total. The van der Waals surface area contributed by atoms with E-state index in [1.807, 2.05) is 0 Å². The molecule has 0 saturated heterocycles. The van der Waals surface area contributed by atoms with Crippen LogP contribution in [0.1, 0.15) is 27.9 Å². The second-order valence-corrected chi connectivity index (χ2v) is 7.03. The lowest BCUT2D eigenvalue weighted by Crippen LogP contribution is -2.12. The molecular formula is C24H22F3N3O3. The van der Waals surface area contributed by atoms with E-state index in [4.69, 9.17) is 20.6 Å². The Labute approximate surface area is 188 Å². The Balaban J connectivity index is 1.53.